The average Bonchev–Trinajstić information content (AvgIpc) is 2.19. The van der Waals surface area contributed by atoms with Gasteiger partial charge in [-0.15, -0.1) is 0 Å². The average molecular weight is 277 g/mol. The number of hydrogen-bond acceptors (Lipinski definition) is 0. The Morgan fingerprint density at radius 1 is 1.33 bits per heavy atom. The van der Waals surface area contributed by atoms with E-state index in [2.05, 4.69) is 22.9 Å². The van der Waals surface area contributed by atoms with Crippen LogP contribution in [0, 0.1) is 17.6 Å². The van der Waals surface area contributed by atoms with Crippen molar-refractivity contribution in [1.29, 1.82) is 0 Å². The summed E-state index contributed by atoms with van der Waals surface area (Å²) < 4.78 is 26.3. The summed E-state index contributed by atoms with van der Waals surface area (Å²) in [6.07, 6.45) is 1.52. The minimum atomic E-state index is -0.760. The van der Waals surface area contributed by atoms with Crippen LogP contribution < -0.4 is 0 Å². The van der Waals surface area contributed by atoms with Crippen LogP contribution in [0.5, 0.6) is 0 Å². The maximum Gasteiger partial charge on any atom is 0.162 e. The molecular weight excluding hydrogens is 262 g/mol. The first-order valence-corrected chi connectivity index (χ1v) is 6.04. The van der Waals surface area contributed by atoms with E-state index in [4.69, 9.17) is 0 Å². The second kappa shape index (κ2) is 5.59. The lowest BCUT2D eigenvalue weighted by atomic mass is 9.94. The Kier molecular flexibility index (Phi) is 4.71. The maximum atomic E-state index is 13.4. The molecule has 1 aromatic carbocycles. The Labute approximate surface area is 97.8 Å². The minimum Gasteiger partial charge on any atom is -0.204 e. The van der Waals surface area contributed by atoms with Crippen LogP contribution in [0.4, 0.5) is 8.78 Å². The van der Waals surface area contributed by atoms with E-state index in [9.17, 15) is 8.78 Å². The van der Waals surface area contributed by atoms with E-state index >= 15 is 0 Å². The molecule has 0 fully saturated rings. The fourth-order valence-corrected chi connectivity index (χ4v) is 2.18. The van der Waals surface area contributed by atoms with Crippen molar-refractivity contribution < 1.29 is 8.78 Å². The van der Waals surface area contributed by atoms with Gasteiger partial charge in [0.25, 0.3) is 0 Å². The third kappa shape index (κ3) is 3.26. The first-order valence-electron chi connectivity index (χ1n) is 5.13. The third-order valence-corrected chi connectivity index (χ3v) is 3.44. The summed E-state index contributed by atoms with van der Waals surface area (Å²) in [5.41, 5.74) is 0.466. The highest BCUT2D eigenvalue weighted by Crippen LogP contribution is 2.23. The standard InChI is InChI=1S/C12H15BrF2/c1-3-9(8(2)13)7-10-5-4-6-11(14)12(10)15/h4-6,8-9H,3,7H2,1-2H3. The van der Waals surface area contributed by atoms with E-state index < -0.39 is 11.6 Å². The molecule has 0 saturated carbocycles. The van der Waals surface area contributed by atoms with Crippen molar-refractivity contribution in [2.45, 2.75) is 31.5 Å². The summed E-state index contributed by atoms with van der Waals surface area (Å²) in [6.45, 7) is 4.09. The fraction of sp³-hybridized carbons (Fsp3) is 0.500. The molecular formula is C12H15BrF2. The highest BCUT2D eigenvalue weighted by molar-refractivity contribution is 9.09. The van der Waals surface area contributed by atoms with Crippen molar-refractivity contribution in [3.05, 3.63) is 35.4 Å². The van der Waals surface area contributed by atoms with Crippen LogP contribution in [-0.4, -0.2) is 4.83 Å². The number of alkyl halides is 1. The van der Waals surface area contributed by atoms with Gasteiger partial charge >= 0.3 is 0 Å². The summed E-state index contributed by atoms with van der Waals surface area (Å²) in [6, 6.07) is 4.35. The van der Waals surface area contributed by atoms with Gasteiger partial charge in [0.1, 0.15) is 0 Å². The lowest BCUT2D eigenvalue weighted by Crippen LogP contribution is -2.14. The highest BCUT2D eigenvalue weighted by Gasteiger charge is 2.16. The van der Waals surface area contributed by atoms with E-state index in [1.165, 1.54) is 0 Å². The smallest absolute Gasteiger partial charge is 0.162 e. The third-order valence-electron chi connectivity index (χ3n) is 2.69. The first-order chi connectivity index (χ1) is 7.06. The molecule has 0 N–H and O–H groups in total. The van der Waals surface area contributed by atoms with Crippen LogP contribution >= 0.6 is 15.9 Å². The fourth-order valence-electron chi connectivity index (χ4n) is 1.62. The summed E-state index contributed by atoms with van der Waals surface area (Å²) in [4.78, 5) is 0.310. The molecule has 0 amide bonds. The molecule has 0 saturated heterocycles. The summed E-state index contributed by atoms with van der Waals surface area (Å²) >= 11 is 3.49. The molecule has 0 radical (unpaired) electrons. The molecule has 2 atom stereocenters. The van der Waals surface area contributed by atoms with Crippen molar-refractivity contribution in [1.82, 2.24) is 0 Å². The molecule has 84 valence electrons. The van der Waals surface area contributed by atoms with E-state index in [1.807, 2.05) is 6.92 Å². The SMILES string of the molecule is CCC(Cc1cccc(F)c1F)C(C)Br. The Bertz CT molecular complexity index is 323. The zero-order valence-corrected chi connectivity index (χ0v) is 10.5. The first kappa shape index (κ1) is 12.6. The molecule has 0 aliphatic rings. The number of rotatable bonds is 4. The largest absolute Gasteiger partial charge is 0.204 e. The molecule has 0 bridgehead atoms. The molecule has 1 rings (SSSR count). The van der Waals surface area contributed by atoms with Crippen molar-refractivity contribution in [2.24, 2.45) is 5.92 Å². The van der Waals surface area contributed by atoms with Gasteiger partial charge in [0.05, 0.1) is 0 Å². The predicted octanol–water partition coefficient (Wildman–Crippen LogP) is 4.32. The number of halogens is 3. The summed E-state index contributed by atoms with van der Waals surface area (Å²) in [5, 5.41) is 0. The van der Waals surface area contributed by atoms with Crippen molar-refractivity contribution in [2.75, 3.05) is 0 Å². The lowest BCUT2D eigenvalue weighted by Gasteiger charge is -2.17. The van der Waals surface area contributed by atoms with Gasteiger partial charge in [-0.25, -0.2) is 8.78 Å². The maximum absolute atomic E-state index is 13.4. The van der Waals surface area contributed by atoms with Gasteiger partial charge in [0, 0.05) is 4.83 Å². The number of hydrogen-bond donors (Lipinski definition) is 0. The van der Waals surface area contributed by atoms with Crippen molar-refractivity contribution >= 4 is 15.9 Å². The van der Waals surface area contributed by atoms with Gasteiger partial charge in [0.2, 0.25) is 0 Å². The van der Waals surface area contributed by atoms with E-state index in [0.29, 0.717) is 22.7 Å². The van der Waals surface area contributed by atoms with Crippen LogP contribution in [0.2, 0.25) is 0 Å². The molecule has 0 aliphatic carbocycles. The van der Waals surface area contributed by atoms with Crippen LogP contribution in [0.1, 0.15) is 25.8 Å². The normalized spacial score (nSPS) is 15.0. The van der Waals surface area contributed by atoms with E-state index in [-0.39, 0.29) is 0 Å². The molecule has 0 aliphatic heterocycles. The second-order valence-electron chi connectivity index (χ2n) is 3.76. The van der Waals surface area contributed by atoms with E-state index in [1.54, 1.807) is 12.1 Å². The second-order valence-corrected chi connectivity index (χ2v) is 5.21. The minimum absolute atomic E-state index is 0.310. The molecule has 2 unspecified atom stereocenters. The molecule has 0 nitrogen and oxygen atoms in total. The van der Waals surface area contributed by atoms with Crippen molar-refractivity contribution in [3.63, 3.8) is 0 Å². The van der Waals surface area contributed by atoms with Crippen LogP contribution in [0.3, 0.4) is 0 Å². The molecule has 0 spiro atoms. The summed E-state index contributed by atoms with van der Waals surface area (Å²) in [7, 11) is 0. The van der Waals surface area contributed by atoms with E-state index in [0.717, 1.165) is 12.5 Å². The summed E-state index contributed by atoms with van der Waals surface area (Å²) in [5.74, 6) is -1.13. The van der Waals surface area contributed by atoms with Crippen LogP contribution in [-0.2, 0) is 6.42 Å². The van der Waals surface area contributed by atoms with Gasteiger partial charge in [0.15, 0.2) is 11.6 Å². The van der Waals surface area contributed by atoms with Crippen molar-refractivity contribution in [3.8, 4) is 0 Å². The molecule has 0 heterocycles. The van der Waals surface area contributed by atoms with Gasteiger partial charge in [-0.05, 0) is 24.0 Å². The zero-order valence-electron chi connectivity index (χ0n) is 8.93. The highest BCUT2D eigenvalue weighted by atomic mass is 79.9. The Morgan fingerprint density at radius 2 is 2.00 bits per heavy atom. The topological polar surface area (TPSA) is 0 Å². The lowest BCUT2D eigenvalue weighted by molar-refractivity contribution is 0.464. The van der Waals surface area contributed by atoms with Gasteiger partial charge in [-0.2, -0.15) is 0 Å². The van der Waals surface area contributed by atoms with Gasteiger partial charge in [-0.3, -0.25) is 0 Å². The Balaban J connectivity index is 2.84. The molecule has 3 heteroatoms. The number of benzene rings is 1. The predicted molar refractivity (Wildman–Crippen MR) is 62.2 cm³/mol. The monoisotopic (exact) mass is 276 g/mol. The molecule has 1 aromatic rings. The Hall–Kier alpha value is -0.440. The zero-order chi connectivity index (χ0) is 11.4. The van der Waals surface area contributed by atoms with Crippen LogP contribution in [0.25, 0.3) is 0 Å². The molecule has 15 heavy (non-hydrogen) atoms. The van der Waals surface area contributed by atoms with Gasteiger partial charge < -0.3 is 0 Å². The molecule has 0 aromatic heterocycles. The van der Waals surface area contributed by atoms with Gasteiger partial charge in [-0.1, -0.05) is 48.3 Å². The Morgan fingerprint density at radius 3 is 2.53 bits per heavy atom. The quantitative estimate of drug-likeness (QED) is 0.719. The van der Waals surface area contributed by atoms with Crippen LogP contribution in [0.15, 0.2) is 18.2 Å².